The molecule has 0 atom stereocenters. The minimum Gasteiger partial charge on any atom is -0.365 e. The Morgan fingerprint density at radius 3 is 2.71 bits per heavy atom. The smallest absolute Gasteiger partial charge is 0.144 e. The van der Waals surface area contributed by atoms with Crippen LogP contribution < -0.4 is 5.32 Å². The molecule has 0 spiro atoms. The van der Waals surface area contributed by atoms with Crippen molar-refractivity contribution in [1.29, 1.82) is 5.26 Å². The molecule has 2 aromatic rings. The average molecular weight is 224 g/mol. The molecule has 0 aliphatic carbocycles. The Labute approximate surface area is 100.0 Å². The molecule has 2 rings (SSSR count). The summed E-state index contributed by atoms with van der Waals surface area (Å²) >= 11 is 0. The lowest BCUT2D eigenvalue weighted by Gasteiger charge is -2.07. The third kappa shape index (κ3) is 2.79. The summed E-state index contributed by atoms with van der Waals surface area (Å²) in [5, 5.41) is 12.1. The zero-order valence-corrected chi connectivity index (χ0v) is 9.51. The number of hydrogen-bond donors (Lipinski definition) is 1. The van der Waals surface area contributed by atoms with Crippen LogP contribution in [-0.2, 0) is 6.54 Å². The highest BCUT2D eigenvalue weighted by atomic mass is 15.0. The van der Waals surface area contributed by atoms with Crippen molar-refractivity contribution in [2.75, 3.05) is 5.32 Å². The molecule has 0 radical (unpaired) electrons. The van der Waals surface area contributed by atoms with Gasteiger partial charge in [-0.05, 0) is 36.8 Å². The van der Waals surface area contributed by atoms with Crippen LogP contribution in [0, 0.1) is 18.3 Å². The van der Waals surface area contributed by atoms with E-state index >= 15 is 0 Å². The van der Waals surface area contributed by atoms with E-state index in [4.69, 9.17) is 5.26 Å². The van der Waals surface area contributed by atoms with Crippen LogP contribution in [0.2, 0.25) is 0 Å². The predicted molar refractivity (Wildman–Crippen MR) is 65.3 cm³/mol. The van der Waals surface area contributed by atoms with Crippen LogP contribution in [0.25, 0.3) is 0 Å². The molecule has 0 fully saturated rings. The molecule has 0 amide bonds. The Morgan fingerprint density at radius 1 is 1.24 bits per heavy atom. The molecule has 0 saturated carbocycles. The van der Waals surface area contributed by atoms with Gasteiger partial charge in [0.15, 0.2) is 0 Å². The van der Waals surface area contributed by atoms with Crippen molar-refractivity contribution in [3.63, 3.8) is 0 Å². The highest BCUT2D eigenvalue weighted by molar-refractivity contribution is 5.52. The second-order valence-corrected chi connectivity index (χ2v) is 3.67. The molecule has 0 bridgehead atoms. The van der Waals surface area contributed by atoms with Crippen molar-refractivity contribution in [2.24, 2.45) is 0 Å². The first-order valence-electron chi connectivity index (χ1n) is 5.30. The molecule has 84 valence electrons. The van der Waals surface area contributed by atoms with Crippen molar-refractivity contribution < 1.29 is 0 Å². The van der Waals surface area contributed by atoms with E-state index in [2.05, 4.69) is 21.4 Å². The Hall–Kier alpha value is -2.41. The fourth-order valence-corrected chi connectivity index (χ4v) is 1.47. The maximum atomic E-state index is 8.97. The van der Waals surface area contributed by atoms with E-state index in [1.54, 1.807) is 18.5 Å². The minimum absolute atomic E-state index is 0.560. The normalized spacial score (nSPS) is 9.65. The summed E-state index contributed by atoms with van der Waals surface area (Å²) in [6, 6.07) is 9.58. The second-order valence-electron chi connectivity index (χ2n) is 3.67. The van der Waals surface area contributed by atoms with Gasteiger partial charge in [0, 0.05) is 24.6 Å². The lowest BCUT2D eigenvalue weighted by molar-refractivity contribution is 1.07. The molecule has 2 aromatic heterocycles. The molecule has 0 saturated heterocycles. The van der Waals surface area contributed by atoms with Crippen LogP contribution in [0.1, 0.15) is 16.8 Å². The van der Waals surface area contributed by atoms with Gasteiger partial charge in [-0.3, -0.25) is 4.98 Å². The zero-order valence-electron chi connectivity index (χ0n) is 9.51. The first-order valence-corrected chi connectivity index (χ1v) is 5.30. The van der Waals surface area contributed by atoms with Gasteiger partial charge in [0.1, 0.15) is 11.9 Å². The number of nitriles is 1. The molecule has 0 unspecified atom stereocenters. The summed E-state index contributed by atoms with van der Waals surface area (Å²) < 4.78 is 0. The van der Waals surface area contributed by atoms with Gasteiger partial charge >= 0.3 is 0 Å². The van der Waals surface area contributed by atoms with E-state index < -0.39 is 0 Å². The summed E-state index contributed by atoms with van der Waals surface area (Å²) in [6.07, 6.45) is 3.48. The fourth-order valence-electron chi connectivity index (χ4n) is 1.47. The summed E-state index contributed by atoms with van der Waals surface area (Å²) in [5.41, 5.74) is 2.55. The molecule has 0 aliphatic rings. The molecule has 1 N–H and O–H groups in total. The molecule has 4 heteroatoms. The highest BCUT2D eigenvalue weighted by Crippen LogP contribution is 2.13. The molecular formula is C13H12N4. The van der Waals surface area contributed by atoms with Gasteiger partial charge in [-0.15, -0.1) is 0 Å². The van der Waals surface area contributed by atoms with E-state index in [0.29, 0.717) is 17.9 Å². The van der Waals surface area contributed by atoms with Crippen LogP contribution in [0.15, 0.2) is 36.7 Å². The van der Waals surface area contributed by atoms with Crippen molar-refractivity contribution in [1.82, 2.24) is 9.97 Å². The Balaban J connectivity index is 2.14. The van der Waals surface area contributed by atoms with Gasteiger partial charge in [-0.2, -0.15) is 5.26 Å². The van der Waals surface area contributed by atoms with Crippen LogP contribution in [0.4, 0.5) is 5.82 Å². The minimum atomic E-state index is 0.560. The average Bonchev–Trinajstić information content (AvgIpc) is 2.38. The Bertz CT molecular complexity index is 543. The van der Waals surface area contributed by atoms with E-state index in [1.165, 1.54) is 0 Å². The van der Waals surface area contributed by atoms with Crippen molar-refractivity contribution in [3.8, 4) is 6.07 Å². The van der Waals surface area contributed by atoms with Gasteiger partial charge < -0.3 is 5.32 Å². The summed E-state index contributed by atoms with van der Waals surface area (Å²) in [7, 11) is 0. The van der Waals surface area contributed by atoms with Crippen LogP contribution >= 0.6 is 0 Å². The Morgan fingerprint density at radius 2 is 2.00 bits per heavy atom. The number of hydrogen-bond acceptors (Lipinski definition) is 4. The van der Waals surface area contributed by atoms with E-state index in [9.17, 15) is 0 Å². The molecule has 17 heavy (non-hydrogen) atoms. The first-order chi connectivity index (χ1) is 8.29. The SMILES string of the molecule is Cc1ccc(C#N)c(NCc2ccncc2)n1. The maximum absolute atomic E-state index is 8.97. The second kappa shape index (κ2) is 5.08. The van der Waals surface area contributed by atoms with Gasteiger partial charge in [-0.1, -0.05) is 0 Å². The van der Waals surface area contributed by atoms with Gasteiger partial charge in [0.2, 0.25) is 0 Å². The van der Waals surface area contributed by atoms with Crippen LogP contribution in [-0.4, -0.2) is 9.97 Å². The van der Waals surface area contributed by atoms with Crippen LogP contribution in [0.5, 0.6) is 0 Å². The monoisotopic (exact) mass is 224 g/mol. The molecule has 2 heterocycles. The third-order valence-electron chi connectivity index (χ3n) is 2.36. The topological polar surface area (TPSA) is 61.6 Å². The number of aryl methyl sites for hydroxylation is 1. The number of nitrogens with zero attached hydrogens (tertiary/aromatic N) is 3. The van der Waals surface area contributed by atoms with Crippen molar-refractivity contribution in [3.05, 3.63) is 53.5 Å². The molecule has 0 aliphatic heterocycles. The summed E-state index contributed by atoms with van der Waals surface area (Å²) in [4.78, 5) is 8.26. The van der Waals surface area contributed by atoms with E-state index in [-0.39, 0.29) is 0 Å². The summed E-state index contributed by atoms with van der Waals surface area (Å²) in [6.45, 7) is 2.53. The van der Waals surface area contributed by atoms with Gasteiger partial charge in [0.05, 0.1) is 5.56 Å². The largest absolute Gasteiger partial charge is 0.365 e. The quantitative estimate of drug-likeness (QED) is 0.868. The first kappa shape index (κ1) is 11.1. The molecule has 0 aromatic carbocycles. The lowest BCUT2D eigenvalue weighted by Crippen LogP contribution is -2.04. The fraction of sp³-hybridized carbons (Fsp3) is 0.154. The molecule has 4 nitrogen and oxygen atoms in total. The van der Waals surface area contributed by atoms with E-state index in [1.807, 2.05) is 25.1 Å². The third-order valence-corrected chi connectivity index (χ3v) is 2.36. The lowest BCUT2D eigenvalue weighted by atomic mass is 10.2. The zero-order chi connectivity index (χ0) is 12.1. The predicted octanol–water partition coefficient (Wildman–Crippen LogP) is 2.27. The summed E-state index contributed by atoms with van der Waals surface area (Å²) in [5.74, 6) is 0.629. The number of rotatable bonds is 3. The standard InChI is InChI=1S/C13H12N4/c1-10-2-3-12(8-14)13(17-10)16-9-11-4-6-15-7-5-11/h2-7H,9H2,1H3,(H,16,17). The maximum Gasteiger partial charge on any atom is 0.144 e. The van der Waals surface area contributed by atoms with E-state index in [0.717, 1.165) is 11.3 Å². The number of aromatic nitrogens is 2. The van der Waals surface area contributed by atoms with Gasteiger partial charge in [-0.25, -0.2) is 4.98 Å². The number of pyridine rings is 2. The Kier molecular flexibility index (Phi) is 3.31. The highest BCUT2D eigenvalue weighted by Gasteiger charge is 2.03. The number of nitrogens with one attached hydrogen (secondary N) is 1. The number of anilines is 1. The van der Waals surface area contributed by atoms with Crippen molar-refractivity contribution >= 4 is 5.82 Å². The van der Waals surface area contributed by atoms with Crippen molar-refractivity contribution in [2.45, 2.75) is 13.5 Å². The van der Waals surface area contributed by atoms with Crippen LogP contribution in [0.3, 0.4) is 0 Å². The molecular weight excluding hydrogens is 212 g/mol. The van der Waals surface area contributed by atoms with Gasteiger partial charge in [0.25, 0.3) is 0 Å².